The molecule has 0 amide bonds. The number of nitrogens with zero attached hydrogens (tertiary/aromatic N) is 1. The number of benzene rings is 2. The van der Waals surface area contributed by atoms with E-state index >= 15 is 0 Å². The molecule has 1 heterocycles. The molecule has 0 saturated carbocycles. The maximum atomic E-state index is 11.7. The molecule has 6 nitrogen and oxygen atoms in total. The summed E-state index contributed by atoms with van der Waals surface area (Å²) in [7, 11) is 4.56. The molecule has 0 saturated heterocycles. The first-order chi connectivity index (χ1) is 12.2. The third kappa shape index (κ3) is 3.19. The standard InChI is InChI=1S/C19H18N2O4/c1-23-15-7-8-16(24-2)18-17(15)14(9-10-20-18)21-13-6-4-5-12(11-13)19(22)25-3/h4-11H,1-3H3,(H,20,21). The zero-order valence-electron chi connectivity index (χ0n) is 14.2. The van der Waals surface area contributed by atoms with Gasteiger partial charge in [-0.1, -0.05) is 6.07 Å². The number of rotatable bonds is 5. The van der Waals surface area contributed by atoms with E-state index in [4.69, 9.17) is 14.2 Å². The molecule has 3 aromatic rings. The van der Waals surface area contributed by atoms with Crippen LogP contribution in [0.1, 0.15) is 10.4 Å². The second kappa shape index (κ2) is 7.09. The first kappa shape index (κ1) is 16.6. The van der Waals surface area contributed by atoms with Crippen LogP contribution in [-0.4, -0.2) is 32.3 Å². The number of carbonyl (C=O) groups excluding carboxylic acids is 1. The summed E-state index contributed by atoms with van der Waals surface area (Å²) >= 11 is 0. The van der Waals surface area contributed by atoms with Gasteiger partial charge in [-0.25, -0.2) is 4.79 Å². The molecule has 25 heavy (non-hydrogen) atoms. The third-order valence-electron chi connectivity index (χ3n) is 3.82. The van der Waals surface area contributed by atoms with E-state index in [1.807, 2.05) is 24.3 Å². The van der Waals surface area contributed by atoms with Crippen LogP contribution in [0.5, 0.6) is 11.5 Å². The fourth-order valence-electron chi connectivity index (χ4n) is 2.65. The van der Waals surface area contributed by atoms with E-state index < -0.39 is 0 Å². The molecule has 1 N–H and O–H groups in total. The van der Waals surface area contributed by atoms with E-state index in [1.165, 1.54) is 7.11 Å². The Kier molecular flexibility index (Phi) is 4.70. The Morgan fingerprint density at radius 1 is 1.00 bits per heavy atom. The second-order valence-corrected chi connectivity index (χ2v) is 5.25. The topological polar surface area (TPSA) is 69.7 Å². The minimum atomic E-state index is -0.387. The molecule has 6 heteroatoms. The number of fused-ring (bicyclic) bond motifs is 1. The number of methoxy groups -OCH3 is 3. The van der Waals surface area contributed by atoms with Crippen molar-refractivity contribution < 1.29 is 19.0 Å². The summed E-state index contributed by atoms with van der Waals surface area (Å²) < 4.78 is 15.6. The molecule has 0 aliphatic rings. The molecule has 0 spiro atoms. The third-order valence-corrected chi connectivity index (χ3v) is 3.82. The number of anilines is 2. The van der Waals surface area contributed by atoms with Crippen LogP contribution in [0.15, 0.2) is 48.7 Å². The molecule has 0 aliphatic carbocycles. The van der Waals surface area contributed by atoms with Gasteiger partial charge in [0.1, 0.15) is 17.0 Å². The Morgan fingerprint density at radius 3 is 2.48 bits per heavy atom. The van der Waals surface area contributed by atoms with Crippen LogP contribution in [0.25, 0.3) is 10.9 Å². The van der Waals surface area contributed by atoms with Crippen LogP contribution in [0, 0.1) is 0 Å². The van der Waals surface area contributed by atoms with Gasteiger partial charge in [0.15, 0.2) is 0 Å². The molecule has 1 aromatic heterocycles. The zero-order chi connectivity index (χ0) is 17.8. The van der Waals surface area contributed by atoms with E-state index in [2.05, 4.69) is 10.3 Å². The van der Waals surface area contributed by atoms with Crippen molar-refractivity contribution in [3.8, 4) is 11.5 Å². The van der Waals surface area contributed by atoms with Gasteiger partial charge < -0.3 is 19.5 Å². The Labute approximate surface area is 145 Å². The molecule has 2 aromatic carbocycles. The second-order valence-electron chi connectivity index (χ2n) is 5.25. The lowest BCUT2D eigenvalue weighted by Crippen LogP contribution is -2.02. The van der Waals surface area contributed by atoms with Gasteiger partial charge >= 0.3 is 5.97 Å². The fraction of sp³-hybridized carbons (Fsp3) is 0.158. The summed E-state index contributed by atoms with van der Waals surface area (Å²) in [5.41, 5.74) is 2.70. The van der Waals surface area contributed by atoms with Crippen LogP contribution in [0.3, 0.4) is 0 Å². The summed E-state index contributed by atoms with van der Waals surface area (Å²) in [6.07, 6.45) is 1.69. The number of hydrogen-bond donors (Lipinski definition) is 1. The summed E-state index contributed by atoms with van der Waals surface area (Å²) in [6, 6.07) is 12.6. The highest BCUT2D eigenvalue weighted by molar-refractivity contribution is 6.01. The van der Waals surface area contributed by atoms with Crippen molar-refractivity contribution in [2.75, 3.05) is 26.6 Å². The molecule has 128 valence electrons. The van der Waals surface area contributed by atoms with Crippen LogP contribution in [0.2, 0.25) is 0 Å². The fourth-order valence-corrected chi connectivity index (χ4v) is 2.65. The van der Waals surface area contributed by atoms with Crippen molar-refractivity contribution in [2.24, 2.45) is 0 Å². The zero-order valence-corrected chi connectivity index (χ0v) is 14.2. The summed E-state index contributed by atoms with van der Waals surface area (Å²) in [4.78, 5) is 16.1. The molecule has 3 rings (SSSR count). The first-order valence-electron chi connectivity index (χ1n) is 7.63. The van der Waals surface area contributed by atoms with Gasteiger partial charge in [0.25, 0.3) is 0 Å². The quantitative estimate of drug-likeness (QED) is 0.714. The minimum Gasteiger partial charge on any atom is -0.496 e. The van der Waals surface area contributed by atoms with Gasteiger partial charge in [-0.05, 0) is 36.4 Å². The Hall–Kier alpha value is -3.28. The summed E-state index contributed by atoms with van der Waals surface area (Å²) in [5, 5.41) is 4.11. The Bertz CT molecular complexity index is 924. The molecule has 0 fully saturated rings. The van der Waals surface area contributed by atoms with Crippen molar-refractivity contribution in [3.05, 3.63) is 54.2 Å². The number of ether oxygens (including phenoxy) is 3. The van der Waals surface area contributed by atoms with Crippen molar-refractivity contribution in [2.45, 2.75) is 0 Å². The largest absolute Gasteiger partial charge is 0.496 e. The molecular formula is C19H18N2O4. The van der Waals surface area contributed by atoms with Gasteiger partial charge in [0.05, 0.1) is 38.0 Å². The predicted octanol–water partition coefficient (Wildman–Crippen LogP) is 3.78. The summed E-state index contributed by atoms with van der Waals surface area (Å²) in [6.45, 7) is 0. The van der Waals surface area contributed by atoms with E-state index in [0.717, 1.165) is 16.8 Å². The van der Waals surface area contributed by atoms with E-state index in [1.54, 1.807) is 38.6 Å². The lowest BCUT2D eigenvalue weighted by Gasteiger charge is -2.14. The number of carbonyl (C=O) groups is 1. The Balaban J connectivity index is 2.09. The Morgan fingerprint density at radius 2 is 1.76 bits per heavy atom. The van der Waals surface area contributed by atoms with E-state index in [9.17, 15) is 4.79 Å². The number of esters is 1. The van der Waals surface area contributed by atoms with Gasteiger partial charge in [-0.15, -0.1) is 0 Å². The average Bonchev–Trinajstić information content (AvgIpc) is 2.66. The van der Waals surface area contributed by atoms with Crippen LogP contribution >= 0.6 is 0 Å². The van der Waals surface area contributed by atoms with Crippen molar-refractivity contribution in [3.63, 3.8) is 0 Å². The smallest absolute Gasteiger partial charge is 0.337 e. The maximum Gasteiger partial charge on any atom is 0.337 e. The van der Waals surface area contributed by atoms with Crippen LogP contribution < -0.4 is 14.8 Å². The first-order valence-corrected chi connectivity index (χ1v) is 7.63. The molecule has 0 unspecified atom stereocenters. The summed E-state index contributed by atoms with van der Waals surface area (Å²) in [5.74, 6) is 0.945. The number of nitrogens with one attached hydrogen (secondary N) is 1. The number of pyridine rings is 1. The van der Waals surface area contributed by atoms with Crippen LogP contribution in [-0.2, 0) is 4.74 Å². The highest BCUT2D eigenvalue weighted by atomic mass is 16.5. The van der Waals surface area contributed by atoms with E-state index in [0.29, 0.717) is 22.6 Å². The SMILES string of the molecule is COC(=O)c1cccc(Nc2ccnc3c(OC)ccc(OC)c23)c1. The molecular weight excluding hydrogens is 320 g/mol. The normalized spacial score (nSPS) is 10.4. The monoisotopic (exact) mass is 338 g/mol. The average molecular weight is 338 g/mol. The van der Waals surface area contributed by atoms with Crippen LogP contribution in [0.4, 0.5) is 11.4 Å². The molecule has 0 bridgehead atoms. The highest BCUT2D eigenvalue weighted by Crippen LogP contribution is 2.37. The molecule has 0 atom stereocenters. The number of hydrogen-bond acceptors (Lipinski definition) is 6. The van der Waals surface area contributed by atoms with Gasteiger partial charge in [0, 0.05) is 11.9 Å². The maximum absolute atomic E-state index is 11.7. The number of aromatic nitrogens is 1. The van der Waals surface area contributed by atoms with E-state index in [-0.39, 0.29) is 5.97 Å². The predicted molar refractivity (Wildman–Crippen MR) is 95.9 cm³/mol. The minimum absolute atomic E-state index is 0.387. The van der Waals surface area contributed by atoms with Gasteiger partial charge in [-0.3, -0.25) is 4.98 Å². The lowest BCUT2D eigenvalue weighted by atomic mass is 10.1. The molecule has 0 aliphatic heterocycles. The van der Waals surface area contributed by atoms with Crippen molar-refractivity contribution in [1.29, 1.82) is 0 Å². The highest BCUT2D eigenvalue weighted by Gasteiger charge is 2.13. The van der Waals surface area contributed by atoms with Gasteiger partial charge in [0.2, 0.25) is 0 Å². The van der Waals surface area contributed by atoms with Crippen molar-refractivity contribution >= 4 is 28.2 Å². The van der Waals surface area contributed by atoms with Gasteiger partial charge in [-0.2, -0.15) is 0 Å². The molecule has 0 radical (unpaired) electrons. The lowest BCUT2D eigenvalue weighted by molar-refractivity contribution is 0.0601. The van der Waals surface area contributed by atoms with Crippen molar-refractivity contribution in [1.82, 2.24) is 4.98 Å².